The number of methoxy groups -OCH3 is 1. The standard InChI is InChI=1S/C19H18F2N2O4S/c1-22-17-6-3-12(27-2)9-14(17)19(18(22)24)7-8-23(11-19)28(25,26)13-4-5-15(20)16(21)10-13/h3-6,9-10H,7-8,11H2,1-2H3. The third-order valence-corrected chi connectivity index (χ3v) is 7.40. The van der Waals surface area contributed by atoms with Crippen LogP contribution in [0.5, 0.6) is 5.75 Å². The zero-order valence-electron chi connectivity index (χ0n) is 15.3. The zero-order chi connectivity index (χ0) is 20.3. The van der Waals surface area contributed by atoms with E-state index in [0.29, 0.717) is 29.5 Å². The summed E-state index contributed by atoms with van der Waals surface area (Å²) in [5, 5.41) is 0. The van der Waals surface area contributed by atoms with E-state index < -0.39 is 27.1 Å². The summed E-state index contributed by atoms with van der Waals surface area (Å²) >= 11 is 0. The van der Waals surface area contributed by atoms with Crippen molar-refractivity contribution in [3.8, 4) is 5.75 Å². The van der Waals surface area contributed by atoms with Crippen molar-refractivity contribution in [2.75, 3.05) is 32.1 Å². The van der Waals surface area contributed by atoms with Crippen LogP contribution in [0.1, 0.15) is 12.0 Å². The van der Waals surface area contributed by atoms with Crippen molar-refractivity contribution in [2.24, 2.45) is 0 Å². The highest BCUT2D eigenvalue weighted by Crippen LogP contribution is 2.48. The number of nitrogens with zero attached hydrogens (tertiary/aromatic N) is 2. The Bertz CT molecular complexity index is 1090. The maximum Gasteiger partial charge on any atom is 0.243 e. The van der Waals surface area contributed by atoms with Gasteiger partial charge >= 0.3 is 0 Å². The largest absolute Gasteiger partial charge is 0.497 e. The van der Waals surface area contributed by atoms with Gasteiger partial charge in [0.2, 0.25) is 15.9 Å². The Morgan fingerprint density at radius 3 is 2.54 bits per heavy atom. The van der Waals surface area contributed by atoms with E-state index in [1.807, 2.05) is 0 Å². The van der Waals surface area contributed by atoms with Crippen molar-refractivity contribution in [3.05, 3.63) is 53.6 Å². The molecule has 4 rings (SSSR count). The van der Waals surface area contributed by atoms with Crippen LogP contribution in [-0.4, -0.2) is 45.9 Å². The Kier molecular flexibility index (Phi) is 4.20. The second-order valence-corrected chi connectivity index (χ2v) is 8.93. The Balaban J connectivity index is 1.74. The molecule has 2 aromatic rings. The number of carbonyl (C=O) groups excluding carboxylic acids is 1. The monoisotopic (exact) mass is 408 g/mol. The lowest BCUT2D eigenvalue weighted by molar-refractivity contribution is -0.122. The molecule has 0 saturated carbocycles. The molecule has 0 aliphatic carbocycles. The highest BCUT2D eigenvalue weighted by atomic mass is 32.2. The lowest BCUT2D eigenvalue weighted by Gasteiger charge is -2.23. The van der Waals surface area contributed by atoms with Gasteiger partial charge in [0.1, 0.15) is 5.75 Å². The molecule has 1 spiro atoms. The van der Waals surface area contributed by atoms with Gasteiger partial charge in [-0.25, -0.2) is 17.2 Å². The third kappa shape index (κ3) is 2.53. The van der Waals surface area contributed by atoms with Crippen LogP contribution in [-0.2, 0) is 20.2 Å². The number of sulfonamides is 1. The molecule has 0 aromatic heterocycles. The first-order valence-electron chi connectivity index (χ1n) is 8.62. The fourth-order valence-corrected chi connectivity index (χ4v) is 5.54. The van der Waals surface area contributed by atoms with Gasteiger partial charge in [-0.1, -0.05) is 0 Å². The molecule has 1 atom stereocenters. The molecule has 0 bridgehead atoms. The summed E-state index contributed by atoms with van der Waals surface area (Å²) in [5.74, 6) is -1.98. The number of amides is 1. The lowest BCUT2D eigenvalue weighted by atomic mass is 9.81. The van der Waals surface area contributed by atoms with Crippen molar-refractivity contribution in [2.45, 2.75) is 16.7 Å². The van der Waals surface area contributed by atoms with Gasteiger partial charge in [0, 0.05) is 25.8 Å². The van der Waals surface area contributed by atoms with Gasteiger partial charge in [-0.05, 0) is 48.4 Å². The molecule has 6 nitrogen and oxygen atoms in total. The predicted molar refractivity (Wildman–Crippen MR) is 97.8 cm³/mol. The van der Waals surface area contributed by atoms with E-state index in [-0.39, 0.29) is 23.9 Å². The number of halogens is 2. The third-order valence-electron chi connectivity index (χ3n) is 5.56. The molecule has 9 heteroatoms. The van der Waals surface area contributed by atoms with E-state index in [0.717, 1.165) is 16.4 Å². The second kappa shape index (κ2) is 6.25. The first kappa shape index (κ1) is 18.8. The average molecular weight is 408 g/mol. The molecule has 28 heavy (non-hydrogen) atoms. The number of carbonyl (C=O) groups is 1. The number of rotatable bonds is 3. The molecule has 1 amide bonds. The zero-order valence-corrected chi connectivity index (χ0v) is 16.1. The van der Waals surface area contributed by atoms with Gasteiger partial charge in [-0.2, -0.15) is 4.31 Å². The van der Waals surface area contributed by atoms with Crippen molar-refractivity contribution < 1.29 is 26.7 Å². The van der Waals surface area contributed by atoms with E-state index in [9.17, 15) is 22.0 Å². The number of benzene rings is 2. The van der Waals surface area contributed by atoms with E-state index >= 15 is 0 Å². The van der Waals surface area contributed by atoms with E-state index in [2.05, 4.69) is 0 Å². The van der Waals surface area contributed by atoms with Gasteiger partial charge in [-0.15, -0.1) is 0 Å². The maximum absolute atomic E-state index is 13.6. The van der Waals surface area contributed by atoms with Crippen molar-refractivity contribution in [3.63, 3.8) is 0 Å². The molecule has 0 radical (unpaired) electrons. The summed E-state index contributed by atoms with van der Waals surface area (Å²) in [7, 11) is -0.911. The van der Waals surface area contributed by atoms with Crippen LogP contribution in [0.4, 0.5) is 14.5 Å². The van der Waals surface area contributed by atoms with E-state index in [1.54, 1.807) is 25.2 Å². The van der Waals surface area contributed by atoms with Crippen LogP contribution in [0.2, 0.25) is 0 Å². The maximum atomic E-state index is 13.6. The molecule has 1 unspecified atom stereocenters. The van der Waals surface area contributed by atoms with Crippen LogP contribution in [0.3, 0.4) is 0 Å². The van der Waals surface area contributed by atoms with Crippen molar-refractivity contribution in [1.29, 1.82) is 0 Å². The summed E-state index contributed by atoms with van der Waals surface area (Å²) < 4.78 is 59.1. The SMILES string of the molecule is COc1ccc2c(c1)C1(CCN(S(=O)(=O)c3ccc(F)c(F)c3)C1)C(=O)N2C. The highest BCUT2D eigenvalue weighted by molar-refractivity contribution is 7.89. The molecule has 1 fully saturated rings. The van der Waals surface area contributed by atoms with Gasteiger partial charge in [0.15, 0.2) is 11.6 Å². The molecule has 2 heterocycles. The van der Waals surface area contributed by atoms with Gasteiger partial charge in [-0.3, -0.25) is 4.79 Å². The number of likely N-dealkylation sites (N-methyl/N-ethyl adjacent to an activating group) is 1. The normalized spacial score (nSPS) is 22.1. The summed E-state index contributed by atoms with van der Waals surface area (Å²) in [4.78, 5) is 14.2. The van der Waals surface area contributed by atoms with Crippen LogP contribution in [0, 0.1) is 11.6 Å². The summed E-state index contributed by atoms with van der Waals surface area (Å²) in [5.41, 5.74) is 0.393. The van der Waals surface area contributed by atoms with Crippen LogP contribution >= 0.6 is 0 Å². The summed E-state index contributed by atoms with van der Waals surface area (Å²) in [6.07, 6.45) is 0.291. The molecule has 0 N–H and O–H groups in total. The minimum atomic E-state index is -4.08. The molecule has 148 valence electrons. The van der Waals surface area contributed by atoms with Gasteiger partial charge in [0.25, 0.3) is 0 Å². The number of hydrogen-bond acceptors (Lipinski definition) is 4. The summed E-state index contributed by atoms with van der Waals surface area (Å²) in [6.45, 7) is 0.0230. The quantitative estimate of drug-likeness (QED) is 0.782. The van der Waals surface area contributed by atoms with Gasteiger partial charge in [0.05, 0.1) is 17.4 Å². The fourth-order valence-electron chi connectivity index (χ4n) is 4.02. The second-order valence-electron chi connectivity index (χ2n) is 6.99. The average Bonchev–Trinajstić information content (AvgIpc) is 3.22. The van der Waals surface area contributed by atoms with Crippen LogP contribution in [0.15, 0.2) is 41.3 Å². The lowest BCUT2D eigenvalue weighted by Crippen LogP contribution is -2.42. The van der Waals surface area contributed by atoms with Crippen molar-refractivity contribution >= 4 is 21.6 Å². The smallest absolute Gasteiger partial charge is 0.243 e. The molecule has 2 aliphatic rings. The first-order chi connectivity index (χ1) is 13.2. The Morgan fingerprint density at radius 1 is 1.11 bits per heavy atom. The van der Waals surface area contributed by atoms with E-state index in [1.165, 1.54) is 12.0 Å². The fraction of sp³-hybridized carbons (Fsp3) is 0.316. The Hall–Kier alpha value is -2.52. The van der Waals surface area contributed by atoms with E-state index in [4.69, 9.17) is 4.74 Å². The van der Waals surface area contributed by atoms with Gasteiger partial charge < -0.3 is 9.64 Å². The predicted octanol–water partition coefficient (Wildman–Crippen LogP) is 2.28. The topological polar surface area (TPSA) is 66.9 Å². The Labute approximate surface area is 161 Å². The van der Waals surface area contributed by atoms with Crippen LogP contribution < -0.4 is 9.64 Å². The molecular weight excluding hydrogens is 390 g/mol. The summed E-state index contributed by atoms with van der Waals surface area (Å²) in [6, 6.07) is 7.74. The highest BCUT2D eigenvalue weighted by Gasteiger charge is 2.55. The number of anilines is 1. The first-order valence-corrected chi connectivity index (χ1v) is 10.1. The molecule has 2 aliphatic heterocycles. The molecular formula is C19H18F2N2O4S. The van der Waals surface area contributed by atoms with Crippen molar-refractivity contribution in [1.82, 2.24) is 4.31 Å². The Morgan fingerprint density at radius 2 is 1.86 bits per heavy atom. The number of hydrogen-bond donors (Lipinski definition) is 0. The molecule has 1 saturated heterocycles. The minimum Gasteiger partial charge on any atom is -0.497 e. The number of fused-ring (bicyclic) bond motifs is 2. The minimum absolute atomic E-state index is 0.0718. The number of ether oxygens (including phenoxy) is 1. The molecule has 2 aromatic carbocycles. The van der Waals surface area contributed by atoms with Crippen LogP contribution in [0.25, 0.3) is 0 Å².